The molecule has 16 heavy (non-hydrogen) atoms. The molecule has 0 spiro atoms. The predicted octanol–water partition coefficient (Wildman–Crippen LogP) is 2.04. The van der Waals surface area contributed by atoms with Gasteiger partial charge in [-0.1, -0.05) is 0 Å². The molecule has 3 nitrogen and oxygen atoms in total. The zero-order chi connectivity index (χ0) is 12.2. The van der Waals surface area contributed by atoms with Crippen molar-refractivity contribution >= 4 is 0 Å². The topological polar surface area (TPSA) is 32.7 Å². The Morgan fingerprint density at radius 3 is 2.75 bits per heavy atom. The maximum Gasteiger partial charge on any atom is 0.0634 e. The summed E-state index contributed by atoms with van der Waals surface area (Å²) in [6.45, 7) is 8.41. The van der Waals surface area contributed by atoms with Gasteiger partial charge in [-0.05, 0) is 53.0 Å². The van der Waals surface area contributed by atoms with E-state index in [2.05, 4.69) is 18.7 Å². The molecule has 0 aromatic carbocycles. The Balaban J connectivity index is 2.35. The molecule has 2 unspecified atom stereocenters. The SMILES string of the molecule is COC(C)(C)CCN1CCCC1CC(C)O. The summed E-state index contributed by atoms with van der Waals surface area (Å²) < 4.78 is 5.44. The van der Waals surface area contributed by atoms with Crippen LogP contribution in [-0.4, -0.2) is 48.0 Å². The summed E-state index contributed by atoms with van der Waals surface area (Å²) in [5.74, 6) is 0. The van der Waals surface area contributed by atoms with Gasteiger partial charge in [0.25, 0.3) is 0 Å². The fourth-order valence-electron chi connectivity index (χ4n) is 2.37. The van der Waals surface area contributed by atoms with Gasteiger partial charge in [0.1, 0.15) is 0 Å². The summed E-state index contributed by atoms with van der Waals surface area (Å²) in [5.41, 5.74) is -0.0298. The van der Waals surface area contributed by atoms with Crippen LogP contribution in [0, 0.1) is 0 Å². The molecular weight excluding hydrogens is 202 g/mol. The van der Waals surface area contributed by atoms with Crippen LogP contribution in [0.15, 0.2) is 0 Å². The van der Waals surface area contributed by atoms with E-state index in [1.165, 1.54) is 19.4 Å². The Labute approximate surface area is 99.8 Å². The largest absolute Gasteiger partial charge is 0.393 e. The number of ether oxygens (including phenoxy) is 1. The van der Waals surface area contributed by atoms with Crippen molar-refractivity contribution in [3.05, 3.63) is 0 Å². The van der Waals surface area contributed by atoms with Gasteiger partial charge < -0.3 is 14.7 Å². The third kappa shape index (κ3) is 4.40. The number of rotatable bonds is 6. The molecule has 1 heterocycles. The fourth-order valence-corrected chi connectivity index (χ4v) is 2.37. The second-order valence-corrected chi connectivity index (χ2v) is 5.63. The fraction of sp³-hybridized carbons (Fsp3) is 1.00. The lowest BCUT2D eigenvalue weighted by Gasteiger charge is -2.30. The number of nitrogens with zero attached hydrogens (tertiary/aromatic N) is 1. The summed E-state index contributed by atoms with van der Waals surface area (Å²) in [4.78, 5) is 2.51. The maximum absolute atomic E-state index is 9.45. The van der Waals surface area contributed by atoms with Gasteiger partial charge >= 0.3 is 0 Å². The van der Waals surface area contributed by atoms with Crippen LogP contribution >= 0.6 is 0 Å². The highest BCUT2D eigenvalue weighted by molar-refractivity contribution is 4.82. The molecule has 1 fully saturated rings. The van der Waals surface area contributed by atoms with Gasteiger partial charge in [-0.2, -0.15) is 0 Å². The Kier molecular flexibility index (Phi) is 5.22. The Morgan fingerprint density at radius 1 is 1.50 bits per heavy atom. The van der Waals surface area contributed by atoms with Crippen LogP contribution in [0.25, 0.3) is 0 Å². The van der Waals surface area contributed by atoms with Crippen LogP contribution < -0.4 is 0 Å². The standard InChI is InChI=1S/C13H27NO2/c1-11(15)10-12-6-5-8-14(12)9-7-13(2,3)16-4/h11-12,15H,5-10H2,1-4H3. The van der Waals surface area contributed by atoms with E-state index in [0.29, 0.717) is 6.04 Å². The Hall–Kier alpha value is -0.120. The van der Waals surface area contributed by atoms with Gasteiger partial charge in [0.2, 0.25) is 0 Å². The average Bonchev–Trinajstić information content (AvgIpc) is 2.62. The predicted molar refractivity (Wildman–Crippen MR) is 66.6 cm³/mol. The van der Waals surface area contributed by atoms with Crippen molar-refractivity contribution in [2.75, 3.05) is 20.2 Å². The third-order valence-electron chi connectivity index (χ3n) is 3.67. The van der Waals surface area contributed by atoms with E-state index in [-0.39, 0.29) is 11.7 Å². The van der Waals surface area contributed by atoms with Crippen molar-refractivity contribution in [3.63, 3.8) is 0 Å². The average molecular weight is 229 g/mol. The maximum atomic E-state index is 9.45. The Morgan fingerprint density at radius 2 is 2.19 bits per heavy atom. The van der Waals surface area contributed by atoms with Gasteiger partial charge in [-0.25, -0.2) is 0 Å². The van der Waals surface area contributed by atoms with Crippen molar-refractivity contribution in [2.45, 2.75) is 64.2 Å². The van der Waals surface area contributed by atoms with Crippen LogP contribution in [0.4, 0.5) is 0 Å². The number of methoxy groups -OCH3 is 1. The highest BCUT2D eigenvalue weighted by atomic mass is 16.5. The Bertz CT molecular complexity index is 204. The summed E-state index contributed by atoms with van der Waals surface area (Å²) in [6.07, 6.45) is 4.29. The van der Waals surface area contributed by atoms with Crippen molar-refractivity contribution in [1.29, 1.82) is 0 Å². The smallest absolute Gasteiger partial charge is 0.0634 e. The molecule has 3 heteroatoms. The van der Waals surface area contributed by atoms with E-state index in [1.54, 1.807) is 7.11 Å². The molecule has 0 radical (unpaired) electrons. The number of aliphatic hydroxyl groups excluding tert-OH is 1. The highest BCUT2D eigenvalue weighted by Crippen LogP contribution is 2.23. The second kappa shape index (κ2) is 5.99. The molecule has 1 N–H and O–H groups in total. The van der Waals surface area contributed by atoms with Crippen molar-refractivity contribution in [2.24, 2.45) is 0 Å². The molecule has 1 rings (SSSR count). The van der Waals surface area contributed by atoms with Crippen molar-refractivity contribution < 1.29 is 9.84 Å². The summed E-state index contributed by atoms with van der Waals surface area (Å²) in [5, 5.41) is 9.45. The molecule has 2 atom stereocenters. The van der Waals surface area contributed by atoms with E-state index >= 15 is 0 Å². The van der Waals surface area contributed by atoms with Gasteiger partial charge in [-0.15, -0.1) is 0 Å². The lowest BCUT2D eigenvalue weighted by atomic mass is 10.0. The first-order valence-corrected chi connectivity index (χ1v) is 6.42. The number of aliphatic hydroxyl groups is 1. The van der Waals surface area contributed by atoms with Gasteiger partial charge in [0.05, 0.1) is 11.7 Å². The lowest BCUT2D eigenvalue weighted by Crippen LogP contribution is -2.36. The van der Waals surface area contributed by atoms with Crippen molar-refractivity contribution in [3.8, 4) is 0 Å². The minimum absolute atomic E-state index is 0.0298. The molecule has 0 aromatic heterocycles. The van der Waals surface area contributed by atoms with E-state index in [9.17, 15) is 5.11 Å². The summed E-state index contributed by atoms with van der Waals surface area (Å²) in [6, 6.07) is 0.577. The molecule has 0 aromatic rings. The van der Waals surface area contributed by atoms with Crippen LogP contribution in [0.5, 0.6) is 0 Å². The van der Waals surface area contributed by atoms with E-state index in [0.717, 1.165) is 19.4 Å². The lowest BCUT2D eigenvalue weighted by molar-refractivity contribution is 0.00505. The first-order valence-electron chi connectivity index (χ1n) is 6.42. The molecule has 1 saturated heterocycles. The van der Waals surface area contributed by atoms with E-state index in [1.807, 2.05) is 6.92 Å². The van der Waals surface area contributed by atoms with Crippen LogP contribution in [0.3, 0.4) is 0 Å². The quantitative estimate of drug-likeness (QED) is 0.756. The van der Waals surface area contributed by atoms with Crippen LogP contribution in [-0.2, 0) is 4.74 Å². The zero-order valence-corrected chi connectivity index (χ0v) is 11.2. The number of hydrogen-bond acceptors (Lipinski definition) is 3. The van der Waals surface area contributed by atoms with E-state index in [4.69, 9.17) is 4.74 Å². The number of hydrogen-bond donors (Lipinski definition) is 1. The summed E-state index contributed by atoms with van der Waals surface area (Å²) >= 11 is 0. The monoisotopic (exact) mass is 229 g/mol. The first kappa shape index (κ1) is 13.9. The highest BCUT2D eigenvalue weighted by Gasteiger charge is 2.27. The van der Waals surface area contributed by atoms with Crippen LogP contribution in [0.1, 0.15) is 46.5 Å². The van der Waals surface area contributed by atoms with E-state index < -0.39 is 0 Å². The van der Waals surface area contributed by atoms with Crippen LogP contribution in [0.2, 0.25) is 0 Å². The third-order valence-corrected chi connectivity index (χ3v) is 3.67. The molecule has 1 aliphatic rings. The second-order valence-electron chi connectivity index (χ2n) is 5.63. The molecule has 1 aliphatic heterocycles. The molecular formula is C13H27NO2. The number of likely N-dealkylation sites (tertiary alicyclic amines) is 1. The van der Waals surface area contributed by atoms with Gasteiger partial charge in [-0.3, -0.25) is 0 Å². The van der Waals surface area contributed by atoms with Gasteiger partial charge in [0, 0.05) is 19.7 Å². The minimum atomic E-state index is -0.180. The molecule has 0 saturated carbocycles. The summed E-state index contributed by atoms with van der Waals surface area (Å²) in [7, 11) is 1.78. The molecule has 0 amide bonds. The van der Waals surface area contributed by atoms with Crippen molar-refractivity contribution in [1.82, 2.24) is 4.90 Å². The first-order chi connectivity index (χ1) is 7.44. The minimum Gasteiger partial charge on any atom is -0.393 e. The molecule has 96 valence electrons. The normalized spacial score (nSPS) is 24.9. The molecule has 0 bridgehead atoms. The zero-order valence-electron chi connectivity index (χ0n) is 11.2. The molecule has 0 aliphatic carbocycles. The van der Waals surface area contributed by atoms with Gasteiger partial charge in [0.15, 0.2) is 0 Å².